The van der Waals surface area contributed by atoms with Crippen LogP contribution in [-0.4, -0.2) is 22.8 Å². The van der Waals surface area contributed by atoms with Crippen molar-refractivity contribution < 1.29 is 14.0 Å². The molecular formula is C7H9N3O3. The second kappa shape index (κ2) is 3.70. The summed E-state index contributed by atoms with van der Waals surface area (Å²) in [4.78, 5) is 25.3. The van der Waals surface area contributed by atoms with Crippen molar-refractivity contribution in [1.82, 2.24) is 10.3 Å². The average Bonchev–Trinajstić information content (AvgIpc) is 2.55. The van der Waals surface area contributed by atoms with Gasteiger partial charge in [0, 0.05) is 0 Å². The summed E-state index contributed by atoms with van der Waals surface area (Å²) in [6.07, 6.45) is 2.31. The van der Waals surface area contributed by atoms with Crippen LogP contribution in [0.2, 0.25) is 0 Å². The van der Waals surface area contributed by atoms with Gasteiger partial charge in [-0.2, -0.15) is 0 Å². The Morgan fingerprint density at radius 1 is 1.69 bits per heavy atom. The van der Waals surface area contributed by atoms with Crippen LogP contribution in [0.1, 0.15) is 17.4 Å². The van der Waals surface area contributed by atoms with E-state index in [1.54, 1.807) is 0 Å². The number of nitrogens with one attached hydrogen (secondary N) is 1. The number of aromatic nitrogens is 1. The third-order valence-corrected chi connectivity index (χ3v) is 1.44. The molecule has 6 heteroatoms. The average molecular weight is 183 g/mol. The minimum Gasteiger partial charge on any atom is -0.451 e. The molecule has 6 nitrogen and oxygen atoms in total. The molecule has 0 saturated carbocycles. The van der Waals surface area contributed by atoms with E-state index < -0.39 is 17.9 Å². The molecule has 70 valence electrons. The number of oxazole rings is 1. The second-order valence-electron chi connectivity index (χ2n) is 2.47. The summed E-state index contributed by atoms with van der Waals surface area (Å²) in [7, 11) is 0. The van der Waals surface area contributed by atoms with Crippen LogP contribution in [0, 0.1) is 0 Å². The molecular weight excluding hydrogens is 174 g/mol. The van der Waals surface area contributed by atoms with Crippen molar-refractivity contribution in [2.45, 2.75) is 13.0 Å². The molecule has 0 aliphatic heterocycles. The van der Waals surface area contributed by atoms with Crippen LogP contribution in [0.5, 0.6) is 0 Å². The quantitative estimate of drug-likeness (QED) is 0.645. The number of nitrogens with two attached hydrogens (primary N) is 1. The number of hydrogen-bond acceptors (Lipinski definition) is 4. The highest BCUT2D eigenvalue weighted by molar-refractivity contribution is 5.95. The van der Waals surface area contributed by atoms with Gasteiger partial charge < -0.3 is 15.5 Å². The van der Waals surface area contributed by atoms with Gasteiger partial charge in [-0.25, -0.2) is 4.98 Å². The number of carbonyl (C=O) groups is 2. The van der Waals surface area contributed by atoms with Crippen molar-refractivity contribution in [2.24, 2.45) is 5.73 Å². The summed E-state index contributed by atoms with van der Waals surface area (Å²) in [5.74, 6) is -1.09. The molecule has 1 heterocycles. The molecule has 1 unspecified atom stereocenters. The Balaban J connectivity index is 2.56. The summed E-state index contributed by atoms with van der Waals surface area (Å²) in [6.45, 7) is 1.49. The summed E-state index contributed by atoms with van der Waals surface area (Å²) >= 11 is 0. The number of carbonyl (C=O) groups excluding carboxylic acids is 2. The minimum atomic E-state index is -0.718. The summed E-state index contributed by atoms with van der Waals surface area (Å²) < 4.78 is 4.59. The van der Waals surface area contributed by atoms with Crippen LogP contribution in [-0.2, 0) is 4.79 Å². The third-order valence-electron chi connectivity index (χ3n) is 1.44. The Labute approximate surface area is 74.1 Å². The molecule has 0 spiro atoms. The highest BCUT2D eigenvalue weighted by atomic mass is 16.3. The largest absolute Gasteiger partial charge is 0.451 e. The van der Waals surface area contributed by atoms with Crippen molar-refractivity contribution in [1.29, 1.82) is 0 Å². The molecule has 0 saturated heterocycles. The van der Waals surface area contributed by atoms with Gasteiger partial charge in [-0.05, 0) is 6.92 Å². The fourth-order valence-corrected chi connectivity index (χ4v) is 0.666. The lowest BCUT2D eigenvalue weighted by atomic mass is 10.3. The van der Waals surface area contributed by atoms with Gasteiger partial charge in [-0.3, -0.25) is 9.59 Å². The van der Waals surface area contributed by atoms with E-state index in [1.807, 2.05) is 0 Å². The van der Waals surface area contributed by atoms with Gasteiger partial charge in [-0.1, -0.05) is 0 Å². The number of amides is 2. The Bertz CT molecular complexity index is 307. The van der Waals surface area contributed by atoms with Gasteiger partial charge in [0.05, 0.1) is 0 Å². The lowest BCUT2D eigenvalue weighted by Gasteiger charge is -2.07. The first kappa shape index (κ1) is 9.24. The van der Waals surface area contributed by atoms with E-state index in [1.165, 1.54) is 13.2 Å². The fraction of sp³-hybridized carbons (Fsp3) is 0.286. The zero-order valence-corrected chi connectivity index (χ0v) is 6.98. The van der Waals surface area contributed by atoms with Crippen molar-refractivity contribution in [3.8, 4) is 0 Å². The Morgan fingerprint density at radius 3 is 2.85 bits per heavy atom. The molecule has 0 radical (unpaired) electrons. The normalized spacial score (nSPS) is 12.1. The predicted molar refractivity (Wildman–Crippen MR) is 42.6 cm³/mol. The van der Waals surface area contributed by atoms with Gasteiger partial charge in [0.1, 0.15) is 12.3 Å². The molecule has 2 amide bonds. The molecule has 3 N–H and O–H groups in total. The number of hydrogen-bond donors (Lipinski definition) is 2. The van der Waals surface area contributed by atoms with Crippen molar-refractivity contribution >= 4 is 11.8 Å². The molecule has 13 heavy (non-hydrogen) atoms. The molecule has 0 aliphatic rings. The van der Waals surface area contributed by atoms with Crippen molar-refractivity contribution in [2.75, 3.05) is 0 Å². The SMILES string of the molecule is CC(NC(=O)c1cocn1)C(N)=O. The molecule has 0 aromatic carbocycles. The maximum Gasteiger partial charge on any atom is 0.273 e. The first-order valence-electron chi connectivity index (χ1n) is 3.59. The van der Waals surface area contributed by atoms with Crippen LogP contribution in [0.4, 0.5) is 0 Å². The third kappa shape index (κ3) is 2.29. The zero-order chi connectivity index (χ0) is 9.84. The highest BCUT2D eigenvalue weighted by Gasteiger charge is 2.14. The van der Waals surface area contributed by atoms with E-state index >= 15 is 0 Å². The van der Waals surface area contributed by atoms with Crippen molar-refractivity contribution in [3.05, 3.63) is 18.4 Å². The number of rotatable bonds is 3. The van der Waals surface area contributed by atoms with Crippen LogP contribution in [0.25, 0.3) is 0 Å². The smallest absolute Gasteiger partial charge is 0.273 e. The Kier molecular flexibility index (Phi) is 2.63. The topological polar surface area (TPSA) is 98.2 Å². The monoisotopic (exact) mass is 183 g/mol. The molecule has 0 aliphatic carbocycles. The summed E-state index contributed by atoms with van der Waals surface area (Å²) in [5.41, 5.74) is 5.06. The Hall–Kier alpha value is -1.85. The summed E-state index contributed by atoms with van der Waals surface area (Å²) in [6, 6.07) is -0.718. The molecule has 1 aromatic heterocycles. The summed E-state index contributed by atoms with van der Waals surface area (Å²) in [5, 5.41) is 2.35. The molecule has 1 rings (SSSR count). The lowest BCUT2D eigenvalue weighted by molar-refractivity contribution is -0.119. The van der Waals surface area contributed by atoms with Gasteiger partial charge >= 0.3 is 0 Å². The molecule has 1 aromatic rings. The van der Waals surface area contributed by atoms with Gasteiger partial charge in [0.2, 0.25) is 5.91 Å². The van der Waals surface area contributed by atoms with E-state index in [-0.39, 0.29) is 5.69 Å². The molecule has 0 fully saturated rings. The second-order valence-corrected chi connectivity index (χ2v) is 2.47. The van der Waals surface area contributed by atoms with E-state index in [0.29, 0.717) is 0 Å². The molecule has 1 atom stereocenters. The lowest BCUT2D eigenvalue weighted by Crippen LogP contribution is -2.42. The van der Waals surface area contributed by atoms with Crippen LogP contribution >= 0.6 is 0 Å². The number of nitrogens with zero attached hydrogens (tertiary/aromatic N) is 1. The predicted octanol–water partition coefficient (Wildman–Crippen LogP) is -0.722. The Morgan fingerprint density at radius 2 is 2.38 bits per heavy atom. The van der Waals surface area contributed by atoms with E-state index in [2.05, 4.69) is 14.7 Å². The van der Waals surface area contributed by atoms with Crippen LogP contribution < -0.4 is 11.1 Å². The van der Waals surface area contributed by atoms with E-state index in [4.69, 9.17) is 5.73 Å². The van der Waals surface area contributed by atoms with E-state index in [0.717, 1.165) is 6.39 Å². The first-order chi connectivity index (χ1) is 6.11. The van der Waals surface area contributed by atoms with Crippen LogP contribution in [0.3, 0.4) is 0 Å². The van der Waals surface area contributed by atoms with Gasteiger partial charge in [0.25, 0.3) is 5.91 Å². The molecule has 0 bridgehead atoms. The van der Waals surface area contributed by atoms with Crippen LogP contribution in [0.15, 0.2) is 17.1 Å². The van der Waals surface area contributed by atoms with Gasteiger partial charge in [-0.15, -0.1) is 0 Å². The minimum absolute atomic E-state index is 0.119. The zero-order valence-electron chi connectivity index (χ0n) is 6.98. The van der Waals surface area contributed by atoms with E-state index in [9.17, 15) is 9.59 Å². The maximum absolute atomic E-state index is 11.2. The maximum atomic E-state index is 11.2. The van der Waals surface area contributed by atoms with Crippen molar-refractivity contribution in [3.63, 3.8) is 0 Å². The van der Waals surface area contributed by atoms with Gasteiger partial charge in [0.15, 0.2) is 12.1 Å². The first-order valence-corrected chi connectivity index (χ1v) is 3.59. The number of primary amides is 1. The standard InChI is InChI=1S/C7H9N3O3/c1-4(6(8)11)10-7(12)5-2-13-3-9-5/h2-4H,1H3,(H2,8,11)(H,10,12). The fourth-order valence-electron chi connectivity index (χ4n) is 0.666. The highest BCUT2D eigenvalue weighted by Crippen LogP contribution is 1.94.